The van der Waals surface area contributed by atoms with Crippen LogP contribution in [-0.4, -0.2) is 18.5 Å². The van der Waals surface area contributed by atoms with Crippen LogP contribution in [-0.2, 0) is 16.0 Å². The zero-order valence-corrected chi connectivity index (χ0v) is 13.1. The Morgan fingerprint density at radius 3 is 2.71 bits per heavy atom. The normalized spacial score (nSPS) is 16.1. The molecule has 1 N–H and O–H groups in total. The summed E-state index contributed by atoms with van der Waals surface area (Å²) in [7, 11) is 0. The van der Waals surface area contributed by atoms with Gasteiger partial charge in [-0.15, -0.1) is 0 Å². The highest BCUT2D eigenvalue weighted by Crippen LogP contribution is 2.29. The maximum Gasteiger partial charge on any atom is 0.341 e. The van der Waals surface area contributed by atoms with Crippen LogP contribution in [0.1, 0.15) is 40.4 Å². The first-order chi connectivity index (χ1) is 11.6. The predicted octanol–water partition coefficient (Wildman–Crippen LogP) is 3.18. The number of ether oxygens (including phenoxy) is 1. The second-order valence-electron chi connectivity index (χ2n) is 5.77. The SMILES string of the molecule is O=C(COC(=O)c1ccccc1F)N[C@H]1CCCc2ccccc21. The fourth-order valence-electron chi connectivity index (χ4n) is 2.98. The van der Waals surface area contributed by atoms with Crippen LogP contribution in [0.25, 0.3) is 0 Å². The number of halogens is 1. The summed E-state index contributed by atoms with van der Waals surface area (Å²) in [4.78, 5) is 23.9. The van der Waals surface area contributed by atoms with E-state index in [0.717, 1.165) is 24.8 Å². The number of aryl methyl sites for hydroxylation is 1. The van der Waals surface area contributed by atoms with Gasteiger partial charge in [0, 0.05) is 0 Å². The number of hydrogen-bond acceptors (Lipinski definition) is 3. The van der Waals surface area contributed by atoms with Crippen LogP contribution < -0.4 is 5.32 Å². The van der Waals surface area contributed by atoms with Crippen LogP contribution in [0, 0.1) is 5.82 Å². The summed E-state index contributed by atoms with van der Waals surface area (Å²) in [5.74, 6) is -1.89. The molecule has 1 atom stereocenters. The maximum atomic E-state index is 13.5. The maximum absolute atomic E-state index is 13.5. The number of esters is 1. The fourth-order valence-corrected chi connectivity index (χ4v) is 2.98. The molecule has 0 heterocycles. The van der Waals surface area contributed by atoms with Gasteiger partial charge in [0.1, 0.15) is 5.82 Å². The topological polar surface area (TPSA) is 55.4 Å². The standard InChI is InChI=1S/C19H18FNO3/c20-16-10-4-3-9-15(16)19(23)24-12-18(22)21-17-11-5-7-13-6-1-2-8-14(13)17/h1-4,6,8-10,17H,5,7,11-12H2,(H,21,22)/t17-/m0/s1. The number of carbonyl (C=O) groups is 2. The lowest BCUT2D eigenvalue weighted by molar-refractivity contribution is -0.125. The molecule has 3 rings (SSSR count). The zero-order chi connectivity index (χ0) is 16.9. The van der Waals surface area contributed by atoms with E-state index < -0.39 is 18.4 Å². The number of benzene rings is 2. The Kier molecular flexibility index (Phi) is 4.89. The molecular formula is C19H18FNO3. The van der Waals surface area contributed by atoms with Crippen molar-refractivity contribution in [2.24, 2.45) is 0 Å². The molecule has 1 aliphatic carbocycles. The third-order valence-electron chi connectivity index (χ3n) is 4.13. The van der Waals surface area contributed by atoms with Gasteiger partial charge in [-0.3, -0.25) is 4.79 Å². The van der Waals surface area contributed by atoms with E-state index in [0.29, 0.717) is 0 Å². The van der Waals surface area contributed by atoms with E-state index in [1.54, 1.807) is 6.07 Å². The van der Waals surface area contributed by atoms with Crippen molar-refractivity contribution < 1.29 is 18.7 Å². The minimum atomic E-state index is -0.840. The molecule has 0 saturated heterocycles. The predicted molar refractivity (Wildman–Crippen MR) is 86.9 cm³/mol. The molecule has 0 saturated carbocycles. The van der Waals surface area contributed by atoms with E-state index >= 15 is 0 Å². The van der Waals surface area contributed by atoms with Crippen molar-refractivity contribution in [3.05, 3.63) is 71.0 Å². The lowest BCUT2D eigenvalue weighted by atomic mass is 9.88. The molecule has 4 nitrogen and oxygen atoms in total. The number of hydrogen-bond donors (Lipinski definition) is 1. The average Bonchev–Trinajstić information content (AvgIpc) is 2.60. The van der Waals surface area contributed by atoms with E-state index in [4.69, 9.17) is 4.74 Å². The molecule has 0 radical (unpaired) electrons. The summed E-state index contributed by atoms with van der Waals surface area (Å²) in [6, 6.07) is 13.5. The van der Waals surface area contributed by atoms with Gasteiger partial charge in [0.05, 0.1) is 11.6 Å². The summed E-state index contributed by atoms with van der Waals surface area (Å²) < 4.78 is 18.4. The highest BCUT2D eigenvalue weighted by atomic mass is 19.1. The average molecular weight is 327 g/mol. The molecule has 0 spiro atoms. The third kappa shape index (κ3) is 3.62. The second-order valence-corrected chi connectivity index (χ2v) is 5.77. The summed E-state index contributed by atoms with van der Waals surface area (Å²) in [6.07, 6.45) is 2.85. The second kappa shape index (κ2) is 7.25. The molecule has 24 heavy (non-hydrogen) atoms. The number of amides is 1. The third-order valence-corrected chi connectivity index (χ3v) is 4.13. The van der Waals surface area contributed by atoms with Crippen molar-refractivity contribution in [2.45, 2.75) is 25.3 Å². The number of carbonyl (C=O) groups excluding carboxylic acids is 2. The highest BCUT2D eigenvalue weighted by molar-refractivity contribution is 5.91. The van der Waals surface area contributed by atoms with Crippen LogP contribution in [0.2, 0.25) is 0 Å². The fraction of sp³-hybridized carbons (Fsp3) is 0.263. The Morgan fingerprint density at radius 1 is 1.12 bits per heavy atom. The van der Waals surface area contributed by atoms with E-state index in [1.165, 1.54) is 23.8 Å². The van der Waals surface area contributed by atoms with E-state index in [2.05, 4.69) is 11.4 Å². The Bertz CT molecular complexity index is 760. The minimum absolute atomic E-state index is 0.0744. The quantitative estimate of drug-likeness (QED) is 0.878. The molecule has 0 bridgehead atoms. The van der Waals surface area contributed by atoms with Gasteiger partial charge in [-0.25, -0.2) is 9.18 Å². The molecule has 124 valence electrons. The van der Waals surface area contributed by atoms with Crippen LogP contribution in [0.3, 0.4) is 0 Å². The Morgan fingerprint density at radius 2 is 1.88 bits per heavy atom. The van der Waals surface area contributed by atoms with Crippen molar-refractivity contribution >= 4 is 11.9 Å². The molecule has 1 amide bonds. The van der Waals surface area contributed by atoms with E-state index in [9.17, 15) is 14.0 Å². The van der Waals surface area contributed by atoms with Crippen LogP contribution in [0.5, 0.6) is 0 Å². The summed E-state index contributed by atoms with van der Waals surface area (Å²) in [5, 5.41) is 2.89. The van der Waals surface area contributed by atoms with Crippen molar-refractivity contribution in [1.29, 1.82) is 0 Å². The monoisotopic (exact) mass is 327 g/mol. The summed E-state index contributed by atoms with van der Waals surface area (Å²) >= 11 is 0. The first kappa shape index (κ1) is 16.2. The van der Waals surface area contributed by atoms with Gasteiger partial charge >= 0.3 is 5.97 Å². The van der Waals surface area contributed by atoms with Crippen molar-refractivity contribution in [3.8, 4) is 0 Å². The lowest BCUT2D eigenvalue weighted by Gasteiger charge is -2.26. The smallest absolute Gasteiger partial charge is 0.341 e. The van der Waals surface area contributed by atoms with Gasteiger partial charge in [-0.05, 0) is 42.5 Å². The van der Waals surface area contributed by atoms with Crippen LogP contribution >= 0.6 is 0 Å². The number of nitrogens with one attached hydrogen (secondary N) is 1. The van der Waals surface area contributed by atoms with Gasteiger partial charge in [0.25, 0.3) is 5.91 Å². The molecule has 0 aliphatic heterocycles. The number of rotatable bonds is 4. The Balaban J connectivity index is 1.57. The van der Waals surface area contributed by atoms with Crippen molar-refractivity contribution in [2.75, 3.05) is 6.61 Å². The van der Waals surface area contributed by atoms with Crippen molar-refractivity contribution in [3.63, 3.8) is 0 Å². The highest BCUT2D eigenvalue weighted by Gasteiger charge is 2.22. The first-order valence-electron chi connectivity index (χ1n) is 7.94. The summed E-state index contributed by atoms with van der Waals surface area (Å²) in [5.41, 5.74) is 2.17. The molecule has 2 aromatic rings. The van der Waals surface area contributed by atoms with Crippen LogP contribution in [0.15, 0.2) is 48.5 Å². The molecule has 1 aliphatic rings. The molecule has 2 aromatic carbocycles. The molecule has 0 fully saturated rings. The number of fused-ring (bicyclic) bond motifs is 1. The van der Waals surface area contributed by atoms with Gasteiger partial charge in [0.15, 0.2) is 6.61 Å². The first-order valence-corrected chi connectivity index (χ1v) is 7.94. The zero-order valence-electron chi connectivity index (χ0n) is 13.1. The van der Waals surface area contributed by atoms with Gasteiger partial charge < -0.3 is 10.1 Å². The van der Waals surface area contributed by atoms with Gasteiger partial charge in [0.2, 0.25) is 0 Å². The van der Waals surface area contributed by atoms with E-state index in [1.807, 2.05) is 18.2 Å². The molecular weight excluding hydrogens is 309 g/mol. The van der Waals surface area contributed by atoms with Gasteiger partial charge in [-0.1, -0.05) is 36.4 Å². The minimum Gasteiger partial charge on any atom is -0.452 e. The van der Waals surface area contributed by atoms with E-state index in [-0.39, 0.29) is 17.5 Å². The van der Waals surface area contributed by atoms with Crippen molar-refractivity contribution in [1.82, 2.24) is 5.32 Å². The largest absolute Gasteiger partial charge is 0.452 e. The van der Waals surface area contributed by atoms with Crippen LogP contribution in [0.4, 0.5) is 4.39 Å². The molecule has 5 heteroatoms. The Hall–Kier alpha value is -2.69. The van der Waals surface area contributed by atoms with Gasteiger partial charge in [-0.2, -0.15) is 0 Å². The molecule has 0 aromatic heterocycles. The molecule has 0 unspecified atom stereocenters. The summed E-state index contributed by atoms with van der Waals surface area (Å²) in [6.45, 7) is -0.425. The lowest BCUT2D eigenvalue weighted by Crippen LogP contribution is -2.34. The Labute approximate surface area is 139 Å².